The molecular formula is C14H13N3S2. The molecule has 0 unspecified atom stereocenters. The minimum absolute atomic E-state index is 0.801. The van der Waals surface area contributed by atoms with Crippen LogP contribution in [0.3, 0.4) is 0 Å². The Labute approximate surface area is 120 Å². The van der Waals surface area contributed by atoms with Gasteiger partial charge in [0.1, 0.15) is 5.01 Å². The van der Waals surface area contributed by atoms with Crippen molar-refractivity contribution in [2.24, 2.45) is 0 Å². The van der Waals surface area contributed by atoms with Crippen LogP contribution in [-0.4, -0.2) is 9.97 Å². The number of aromatic nitrogens is 2. The van der Waals surface area contributed by atoms with Crippen LogP contribution in [0.5, 0.6) is 0 Å². The Morgan fingerprint density at radius 3 is 2.74 bits per heavy atom. The molecule has 0 radical (unpaired) electrons. The van der Waals surface area contributed by atoms with Gasteiger partial charge in [-0.3, -0.25) is 4.98 Å². The number of thiazole rings is 2. The molecule has 2 heterocycles. The summed E-state index contributed by atoms with van der Waals surface area (Å²) in [6.07, 6.45) is 1.90. The molecule has 0 aliphatic rings. The maximum Gasteiger partial charge on any atom is 0.107 e. The van der Waals surface area contributed by atoms with Crippen LogP contribution in [0.4, 0.5) is 0 Å². The zero-order valence-corrected chi connectivity index (χ0v) is 11.9. The van der Waals surface area contributed by atoms with E-state index in [1.807, 2.05) is 29.9 Å². The summed E-state index contributed by atoms with van der Waals surface area (Å²) in [5.41, 5.74) is 4.08. The molecule has 2 aromatic heterocycles. The average molecular weight is 287 g/mol. The van der Waals surface area contributed by atoms with Crippen molar-refractivity contribution < 1.29 is 0 Å². The zero-order chi connectivity index (χ0) is 12.9. The molecule has 3 nitrogen and oxygen atoms in total. The molecule has 0 saturated carbocycles. The Bertz CT molecular complexity index is 617. The van der Waals surface area contributed by atoms with Gasteiger partial charge in [-0.1, -0.05) is 30.3 Å². The van der Waals surface area contributed by atoms with Crippen molar-refractivity contribution >= 4 is 22.7 Å². The van der Waals surface area contributed by atoms with Gasteiger partial charge in [-0.25, -0.2) is 4.98 Å². The van der Waals surface area contributed by atoms with E-state index in [-0.39, 0.29) is 0 Å². The lowest BCUT2D eigenvalue weighted by atomic mass is 10.2. The third-order valence-electron chi connectivity index (χ3n) is 2.68. The van der Waals surface area contributed by atoms with E-state index in [0.717, 1.165) is 23.8 Å². The molecule has 96 valence electrons. The molecule has 19 heavy (non-hydrogen) atoms. The topological polar surface area (TPSA) is 37.8 Å². The number of nitrogens with one attached hydrogen (secondary N) is 1. The van der Waals surface area contributed by atoms with Crippen molar-refractivity contribution in [1.82, 2.24) is 15.3 Å². The van der Waals surface area contributed by atoms with Crippen LogP contribution < -0.4 is 5.32 Å². The molecule has 0 aliphatic carbocycles. The average Bonchev–Trinajstić information content (AvgIpc) is 3.11. The van der Waals surface area contributed by atoms with Crippen LogP contribution in [0.15, 0.2) is 47.4 Å². The first-order valence-electron chi connectivity index (χ1n) is 6.00. The molecule has 0 saturated heterocycles. The van der Waals surface area contributed by atoms with E-state index >= 15 is 0 Å². The van der Waals surface area contributed by atoms with Crippen LogP contribution in [-0.2, 0) is 13.1 Å². The van der Waals surface area contributed by atoms with Gasteiger partial charge >= 0.3 is 0 Å². The first-order chi connectivity index (χ1) is 9.42. The Balaban J connectivity index is 1.59. The summed E-state index contributed by atoms with van der Waals surface area (Å²) < 4.78 is 0. The fourth-order valence-corrected chi connectivity index (χ4v) is 3.09. The number of benzene rings is 1. The molecule has 0 amide bonds. The normalized spacial score (nSPS) is 10.7. The summed E-state index contributed by atoms with van der Waals surface area (Å²) in [6, 6.07) is 10.3. The molecule has 3 rings (SSSR count). The van der Waals surface area contributed by atoms with E-state index in [1.54, 1.807) is 22.7 Å². The number of hydrogen-bond acceptors (Lipinski definition) is 5. The van der Waals surface area contributed by atoms with Crippen molar-refractivity contribution in [3.63, 3.8) is 0 Å². The Morgan fingerprint density at radius 1 is 1.05 bits per heavy atom. The molecular weight excluding hydrogens is 274 g/mol. The number of rotatable bonds is 5. The van der Waals surface area contributed by atoms with E-state index in [0.29, 0.717) is 0 Å². The quantitative estimate of drug-likeness (QED) is 0.779. The molecule has 0 bridgehead atoms. The third-order valence-corrected chi connectivity index (χ3v) is 4.31. The van der Waals surface area contributed by atoms with Gasteiger partial charge in [0, 0.05) is 35.1 Å². The first-order valence-corrected chi connectivity index (χ1v) is 7.75. The number of nitrogens with zero attached hydrogens (tertiary/aromatic N) is 2. The highest BCUT2D eigenvalue weighted by Gasteiger charge is 2.04. The summed E-state index contributed by atoms with van der Waals surface area (Å²) in [7, 11) is 0. The van der Waals surface area contributed by atoms with E-state index < -0.39 is 0 Å². The van der Waals surface area contributed by atoms with Gasteiger partial charge in [0.25, 0.3) is 0 Å². The van der Waals surface area contributed by atoms with Crippen LogP contribution in [0, 0.1) is 0 Å². The standard InChI is InChI=1S/C14H13N3S2/c1-2-4-11(5-3-1)13-9-18-14(17-13)8-15-6-12-7-16-10-19-12/h1-5,7,9-10,15H,6,8H2. The van der Waals surface area contributed by atoms with Gasteiger partial charge in [0.15, 0.2) is 0 Å². The zero-order valence-electron chi connectivity index (χ0n) is 10.2. The Hall–Kier alpha value is -1.56. The Kier molecular flexibility index (Phi) is 3.98. The second-order valence-electron chi connectivity index (χ2n) is 4.06. The third kappa shape index (κ3) is 3.26. The van der Waals surface area contributed by atoms with E-state index in [1.165, 1.54) is 10.4 Å². The lowest BCUT2D eigenvalue weighted by molar-refractivity contribution is 0.697. The fourth-order valence-electron chi connectivity index (χ4n) is 1.76. The van der Waals surface area contributed by atoms with Crippen molar-refractivity contribution in [2.45, 2.75) is 13.1 Å². The second-order valence-corrected chi connectivity index (χ2v) is 5.98. The fraction of sp³-hybridized carbons (Fsp3) is 0.143. The Morgan fingerprint density at radius 2 is 1.95 bits per heavy atom. The highest BCUT2D eigenvalue weighted by molar-refractivity contribution is 7.10. The van der Waals surface area contributed by atoms with Gasteiger partial charge in [-0.15, -0.1) is 22.7 Å². The van der Waals surface area contributed by atoms with Crippen molar-refractivity contribution in [3.05, 3.63) is 57.3 Å². The van der Waals surface area contributed by atoms with E-state index in [4.69, 9.17) is 0 Å². The van der Waals surface area contributed by atoms with Gasteiger partial charge in [0.05, 0.1) is 11.2 Å². The predicted octanol–water partition coefficient (Wildman–Crippen LogP) is 3.56. The SMILES string of the molecule is c1ccc(-c2csc(CNCc3cncs3)n2)cc1. The lowest BCUT2D eigenvalue weighted by Gasteiger charge is -1.99. The van der Waals surface area contributed by atoms with Gasteiger partial charge in [-0.2, -0.15) is 0 Å². The lowest BCUT2D eigenvalue weighted by Crippen LogP contribution is -2.11. The van der Waals surface area contributed by atoms with Crippen LogP contribution in [0.2, 0.25) is 0 Å². The molecule has 0 aliphatic heterocycles. The van der Waals surface area contributed by atoms with Crippen LogP contribution in [0.1, 0.15) is 9.88 Å². The first kappa shape index (κ1) is 12.5. The second kappa shape index (κ2) is 6.06. The summed E-state index contributed by atoms with van der Waals surface area (Å²) in [5.74, 6) is 0. The molecule has 0 atom stereocenters. The molecule has 1 N–H and O–H groups in total. The van der Waals surface area contributed by atoms with E-state index in [2.05, 4.69) is 32.8 Å². The molecule has 1 aromatic carbocycles. The smallest absolute Gasteiger partial charge is 0.107 e. The monoisotopic (exact) mass is 287 g/mol. The highest BCUT2D eigenvalue weighted by atomic mass is 32.1. The molecule has 3 aromatic rings. The van der Waals surface area contributed by atoms with Crippen molar-refractivity contribution in [3.8, 4) is 11.3 Å². The van der Waals surface area contributed by atoms with Gasteiger partial charge < -0.3 is 5.32 Å². The summed E-state index contributed by atoms with van der Waals surface area (Å²) in [6.45, 7) is 1.65. The van der Waals surface area contributed by atoms with Crippen molar-refractivity contribution in [2.75, 3.05) is 0 Å². The van der Waals surface area contributed by atoms with Crippen molar-refractivity contribution in [1.29, 1.82) is 0 Å². The summed E-state index contributed by atoms with van der Waals surface area (Å²) in [5, 5.41) is 6.61. The van der Waals surface area contributed by atoms with Gasteiger partial charge in [0.2, 0.25) is 0 Å². The largest absolute Gasteiger partial charge is 0.305 e. The molecule has 0 spiro atoms. The van der Waals surface area contributed by atoms with E-state index in [9.17, 15) is 0 Å². The van der Waals surface area contributed by atoms with Gasteiger partial charge in [-0.05, 0) is 0 Å². The number of hydrogen-bond donors (Lipinski definition) is 1. The molecule has 5 heteroatoms. The maximum absolute atomic E-state index is 4.64. The highest BCUT2D eigenvalue weighted by Crippen LogP contribution is 2.21. The predicted molar refractivity (Wildman–Crippen MR) is 80.2 cm³/mol. The minimum atomic E-state index is 0.801. The minimum Gasteiger partial charge on any atom is -0.305 e. The summed E-state index contributed by atoms with van der Waals surface area (Å²) >= 11 is 3.37. The molecule has 0 fully saturated rings. The summed E-state index contributed by atoms with van der Waals surface area (Å²) in [4.78, 5) is 9.95. The van der Waals surface area contributed by atoms with Crippen LogP contribution in [0.25, 0.3) is 11.3 Å². The van der Waals surface area contributed by atoms with Crippen LogP contribution >= 0.6 is 22.7 Å². The maximum atomic E-state index is 4.64.